The number of para-hydroxylation sites is 1. The van der Waals surface area contributed by atoms with Gasteiger partial charge in [0.2, 0.25) is 0 Å². The molecule has 0 saturated heterocycles. The van der Waals surface area contributed by atoms with Gasteiger partial charge in [0.1, 0.15) is 5.75 Å². The Morgan fingerprint density at radius 1 is 1.38 bits per heavy atom. The largest absolute Gasteiger partial charge is 0.493 e. The lowest BCUT2D eigenvalue weighted by molar-refractivity contribution is 0.343. The average molecular weight is 239 g/mol. The van der Waals surface area contributed by atoms with Crippen LogP contribution in [-0.4, -0.2) is 6.61 Å². The van der Waals surface area contributed by atoms with Crippen molar-refractivity contribution >= 4 is 33.6 Å². The summed E-state index contributed by atoms with van der Waals surface area (Å²) < 4.78 is 16.6. The molecule has 5 heteroatoms. The Hall–Kier alpha value is -0.170. The maximum Gasteiger partial charge on any atom is 0.285 e. The number of ether oxygens (including phenoxy) is 1. The van der Waals surface area contributed by atoms with Crippen molar-refractivity contribution in [3.63, 3.8) is 0 Å². The van der Waals surface area contributed by atoms with E-state index >= 15 is 0 Å². The normalized spacial score (nSPS) is 11.3. The molecule has 0 amide bonds. The molecule has 1 rings (SSSR count). The van der Waals surface area contributed by atoms with Crippen molar-refractivity contribution < 1.29 is 9.30 Å². The van der Waals surface area contributed by atoms with E-state index in [1.165, 1.54) is 0 Å². The fourth-order valence-corrected chi connectivity index (χ4v) is 2.44. The molecule has 0 bridgehead atoms. The second-order valence-corrected chi connectivity index (χ2v) is 7.14. The first-order valence-electron chi connectivity index (χ1n) is 3.77. The van der Waals surface area contributed by atoms with Crippen LogP contribution in [0.4, 0.5) is 0 Å². The van der Waals surface area contributed by atoms with Gasteiger partial charge in [-0.05, 0) is 41.5 Å². The molecule has 0 saturated carbocycles. The highest BCUT2D eigenvalue weighted by molar-refractivity contribution is 8.13. The van der Waals surface area contributed by atoms with Crippen LogP contribution in [0.1, 0.15) is 6.92 Å². The standard InChI is InChI=1S/C8H9Cl2O2P/c1-2-12-7-5-3-4-6-8(7)13(9,10)11/h3-6H,2H2,1H3. The Bertz CT molecular complexity index is 335. The molecule has 0 fully saturated rings. The molecule has 0 aliphatic carbocycles. The quantitative estimate of drug-likeness (QED) is 0.755. The average Bonchev–Trinajstić information content (AvgIpc) is 2.04. The van der Waals surface area contributed by atoms with Crippen LogP contribution in [0.5, 0.6) is 5.75 Å². The third-order valence-electron chi connectivity index (χ3n) is 1.45. The van der Waals surface area contributed by atoms with Gasteiger partial charge in [0.15, 0.2) is 0 Å². The maximum atomic E-state index is 11.4. The first-order valence-corrected chi connectivity index (χ1v) is 7.29. The van der Waals surface area contributed by atoms with Gasteiger partial charge in [0.05, 0.1) is 11.9 Å². The van der Waals surface area contributed by atoms with E-state index in [0.29, 0.717) is 17.7 Å². The van der Waals surface area contributed by atoms with Crippen LogP contribution in [0.2, 0.25) is 0 Å². The van der Waals surface area contributed by atoms with Gasteiger partial charge in [-0.25, -0.2) is 0 Å². The molecule has 2 nitrogen and oxygen atoms in total. The number of hydrogen-bond acceptors (Lipinski definition) is 2. The summed E-state index contributed by atoms with van der Waals surface area (Å²) in [4.78, 5) is 0. The molecule has 0 heterocycles. The van der Waals surface area contributed by atoms with E-state index in [4.69, 9.17) is 27.2 Å². The molecule has 0 radical (unpaired) electrons. The predicted octanol–water partition coefficient (Wildman–Crippen LogP) is 3.38. The third-order valence-corrected chi connectivity index (χ3v) is 3.47. The number of halogens is 2. The molecule has 0 aliphatic heterocycles. The molecule has 0 spiro atoms. The topological polar surface area (TPSA) is 26.3 Å². The van der Waals surface area contributed by atoms with Crippen LogP contribution in [-0.2, 0) is 4.57 Å². The second-order valence-electron chi connectivity index (χ2n) is 2.36. The van der Waals surface area contributed by atoms with Crippen LogP contribution < -0.4 is 10.0 Å². The van der Waals surface area contributed by atoms with Crippen molar-refractivity contribution in [1.82, 2.24) is 0 Å². The molecule has 13 heavy (non-hydrogen) atoms. The van der Waals surface area contributed by atoms with Crippen molar-refractivity contribution in [3.05, 3.63) is 24.3 Å². The summed E-state index contributed by atoms with van der Waals surface area (Å²) in [5.41, 5.74) is 0. The molecule has 72 valence electrons. The molecule has 0 unspecified atom stereocenters. The highest BCUT2D eigenvalue weighted by atomic mass is 35.9. The Kier molecular flexibility index (Phi) is 3.66. The van der Waals surface area contributed by atoms with Crippen molar-refractivity contribution in [2.24, 2.45) is 0 Å². The molecular weight excluding hydrogens is 230 g/mol. The zero-order valence-corrected chi connectivity index (χ0v) is 9.44. The van der Waals surface area contributed by atoms with E-state index in [1.54, 1.807) is 24.3 Å². The fourth-order valence-electron chi connectivity index (χ4n) is 0.950. The Morgan fingerprint density at radius 2 is 2.00 bits per heavy atom. The SMILES string of the molecule is CCOc1ccccc1P(=O)(Cl)Cl. The highest BCUT2D eigenvalue weighted by Crippen LogP contribution is 2.56. The second kappa shape index (κ2) is 4.36. The minimum Gasteiger partial charge on any atom is -0.493 e. The molecule has 0 aliphatic rings. The smallest absolute Gasteiger partial charge is 0.285 e. The number of rotatable bonds is 3. The zero-order chi connectivity index (χ0) is 9.90. The summed E-state index contributed by atoms with van der Waals surface area (Å²) in [6.45, 7) is 2.33. The summed E-state index contributed by atoms with van der Waals surface area (Å²) in [6, 6.07) is 6.79. The van der Waals surface area contributed by atoms with Crippen molar-refractivity contribution in [3.8, 4) is 5.75 Å². The van der Waals surface area contributed by atoms with Crippen molar-refractivity contribution in [2.45, 2.75) is 6.92 Å². The van der Waals surface area contributed by atoms with Gasteiger partial charge in [-0.15, -0.1) is 0 Å². The van der Waals surface area contributed by atoms with Crippen molar-refractivity contribution in [2.75, 3.05) is 6.61 Å². The minimum absolute atomic E-state index is 0.361. The minimum atomic E-state index is -3.27. The van der Waals surface area contributed by atoms with Gasteiger partial charge in [-0.2, -0.15) is 0 Å². The maximum absolute atomic E-state index is 11.4. The van der Waals surface area contributed by atoms with Gasteiger partial charge in [-0.1, -0.05) is 12.1 Å². The summed E-state index contributed by atoms with van der Waals surface area (Å²) >= 11 is 11.1. The van der Waals surface area contributed by atoms with Crippen LogP contribution >= 0.6 is 28.3 Å². The van der Waals surface area contributed by atoms with Gasteiger partial charge in [-0.3, -0.25) is 4.57 Å². The zero-order valence-electron chi connectivity index (χ0n) is 7.04. The van der Waals surface area contributed by atoms with Gasteiger partial charge >= 0.3 is 0 Å². The van der Waals surface area contributed by atoms with Gasteiger partial charge in [0, 0.05) is 0 Å². The lowest BCUT2D eigenvalue weighted by atomic mass is 10.3. The summed E-state index contributed by atoms with van der Waals surface area (Å²) in [5.74, 6) is -2.78. The number of hydrogen-bond donors (Lipinski definition) is 0. The van der Waals surface area contributed by atoms with Crippen LogP contribution in [0.3, 0.4) is 0 Å². The summed E-state index contributed by atoms with van der Waals surface area (Å²) in [6.07, 6.45) is 0. The predicted molar refractivity (Wildman–Crippen MR) is 56.6 cm³/mol. The number of benzene rings is 1. The van der Waals surface area contributed by atoms with Crippen LogP contribution in [0.25, 0.3) is 0 Å². The van der Waals surface area contributed by atoms with Crippen molar-refractivity contribution in [1.29, 1.82) is 0 Å². The molecule has 1 aromatic rings. The van der Waals surface area contributed by atoms with E-state index in [9.17, 15) is 4.57 Å². The monoisotopic (exact) mass is 238 g/mol. The summed E-state index contributed by atoms with van der Waals surface area (Å²) in [7, 11) is 0. The van der Waals surface area contributed by atoms with Gasteiger partial charge in [0.25, 0.3) is 5.85 Å². The fraction of sp³-hybridized carbons (Fsp3) is 0.250. The highest BCUT2D eigenvalue weighted by Gasteiger charge is 2.21. The Morgan fingerprint density at radius 3 is 2.54 bits per heavy atom. The molecule has 0 N–H and O–H groups in total. The van der Waals surface area contributed by atoms with Crippen LogP contribution in [0, 0.1) is 0 Å². The molecule has 0 atom stereocenters. The Balaban J connectivity index is 3.12. The van der Waals surface area contributed by atoms with E-state index in [0.717, 1.165) is 0 Å². The molecular formula is C8H9Cl2O2P. The van der Waals surface area contributed by atoms with E-state index in [-0.39, 0.29) is 0 Å². The van der Waals surface area contributed by atoms with E-state index in [2.05, 4.69) is 0 Å². The summed E-state index contributed by atoms with van der Waals surface area (Å²) in [5, 5.41) is 0.361. The van der Waals surface area contributed by atoms with E-state index < -0.39 is 5.85 Å². The first-order chi connectivity index (χ1) is 6.05. The molecule has 1 aromatic carbocycles. The third kappa shape index (κ3) is 2.91. The van der Waals surface area contributed by atoms with Crippen LogP contribution in [0.15, 0.2) is 24.3 Å². The Labute approximate surface area is 86.8 Å². The molecule has 0 aromatic heterocycles. The first kappa shape index (κ1) is 10.9. The van der Waals surface area contributed by atoms with Gasteiger partial charge < -0.3 is 4.74 Å². The lowest BCUT2D eigenvalue weighted by Crippen LogP contribution is -2.05. The lowest BCUT2D eigenvalue weighted by Gasteiger charge is -2.09. The van der Waals surface area contributed by atoms with E-state index in [1.807, 2.05) is 6.92 Å².